The predicted octanol–water partition coefficient (Wildman–Crippen LogP) is 0.585. The fourth-order valence-corrected chi connectivity index (χ4v) is 1.04. The molecule has 1 rings (SSSR count). The molecule has 0 fully saturated rings. The summed E-state index contributed by atoms with van der Waals surface area (Å²) in [6, 6.07) is 0. The number of rotatable bonds is 1. The van der Waals surface area contributed by atoms with Crippen molar-refractivity contribution in [3.8, 4) is 5.40 Å². The monoisotopic (exact) mass is 155 g/mol. The van der Waals surface area contributed by atoms with Crippen molar-refractivity contribution in [3.63, 3.8) is 0 Å². The zero-order chi connectivity index (χ0) is 7.56. The quantitative estimate of drug-likeness (QED) is 0.460. The van der Waals surface area contributed by atoms with E-state index in [2.05, 4.69) is 10.2 Å². The van der Waals surface area contributed by atoms with Crippen LogP contribution in [0.25, 0.3) is 0 Å². The fourth-order valence-electron chi connectivity index (χ4n) is 0.603. The first-order valence-electron chi connectivity index (χ1n) is 2.59. The molecule has 0 aromatic carbocycles. The average molecular weight is 155 g/mol. The van der Waals surface area contributed by atoms with E-state index in [1.165, 1.54) is 0 Å². The Hall–Kier alpha value is -1.15. The second-order valence-corrected chi connectivity index (χ2v) is 2.52. The average Bonchev–Trinajstić information content (AvgIpc) is 2.20. The maximum Gasteiger partial charge on any atom is 0.278 e. The number of aromatic nitrogens is 2. The van der Waals surface area contributed by atoms with Crippen LogP contribution in [0.15, 0.2) is 9.69 Å². The first-order chi connectivity index (χ1) is 4.75. The first-order valence-corrected chi connectivity index (χ1v) is 3.40. The molecule has 0 aliphatic rings. The Balaban J connectivity index is 3.13. The first kappa shape index (κ1) is 6.96. The molecule has 0 unspecified atom stereocenters. The van der Waals surface area contributed by atoms with E-state index in [-0.39, 0.29) is 5.56 Å². The second-order valence-electron chi connectivity index (χ2n) is 1.73. The number of nitrogens with one attached hydrogen (secondary N) is 2. The van der Waals surface area contributed by atoms with Crippen LogP contribution < -0.4 is 5.56 Å². The van der Waals surface area contributed by atoms with Crippen LogP contribution in [0.2, 0.25) is 0 Å². The highest BCUT2D eigenvalue weighted by Crippen LogP contribution is 2.13. The summed E-state index contributed by atoms with van der Waals surface area (Å²) in [6.45, 7) is 1.73. The summed E-state index contributed by atoms with van der Waals surface area (Å²) >= 11 is 0.866. The van der Waals surface area contributed by atoms with Gasteiger partial charge in [0.2, 0.25) is 0 Å². The number of hydrogen-bond donors (Lipinski definition) is 2. The van der Waals surface area contributed by atoms with E-state index < -0.39 is 0 Å². The van der Waals surface area contributed by atoms with Crippen LogP contribution in [-0.4, -0.2) is 10.2 Å². The summed E-state index contributed by atoms with van der Waals surface area (Å²) in [6.07, 6.45) is 0. The van der Waals surface area contributed by atoms with Crippen LogP contribution >= 0.6 is 11.8 Å². The Morgan fingerprint density at radius 1 is 1.60 bits per heavy atom. The van der Waals surface area contributed by atoms with Crippen molar-refractivity contribution in [2.45, 2.75) is 11.8 Å². The smallest absolute Gasteiger partial charge is 0.278 e. The van der Waals surface area contributed by atoms with Gasteiger partial charge < -0.3 is 5.10 Å². The van der Waals surface area contributed by atoms with Gasteiger partial charge in [-0.05, 0) is 18.7 Å². The summed E-state index contributed by atoms with van der Waals surface area (Å²) in [5, 5.41) is 15.0. The number of aromatic amines is 2. The Kier molecular flexibility index (Phi) is 1.83. The number of nitriles is 1. The minimum Gasteiger partial charge on any atom is -0.301 e. The van der Waals surface area contributed by atoms with Gasteiger partial charge in [-0.25, -0.2) is 0 Å². The third-order valence-corrected chi connectivity index (χ3v) is 1.85. The van der Waals surface area contributed by atoms with Crippen LogP contribution in [-0.2, 0) is 0 Å². The summed E-state index contributed by atoms with van der Waals surface area (Å²) in [7, 11) is 0. The van der Waals surface area contributed by atoms with Crippen LogP contribution in [0.3, 0.4) is 0 Å². The third kappa shape index (κ3) is 1.06. The zero-order valence-electron chi connectivity index (χ0n) is 5.26. The molecule has 1 aromatic rings. The van der Waals surface area contributed by atoms with Crippen LogP contribution in [0.4, 0.5) is 0 Å². The molecule has 0 radical (unpaired) electrons. The molecule has 0 aliphatic carbocycles. The van der Waals surface area contributed by atoms with Gasteiger partial charge in [0, 0.05) is 5.69 Å². The molecule has 52 valence electrons. The van der Waals surface area contributed by atoms with E-state index in [1.807, 2.05) is 5.40 Å². The number of thiocyanates is 1. The van der Waals surface area contributed by atoms with E-state index in [0.29, 0.717) is 10.6 Å². The third-order valence-electron chi connectivity index (χ3n) is 1.06. The summed E-state index contributed by atoms with van der Waals surface area (Å²) in [4.78, 5) is 11.2. The van der Waals surface area contributed by atoms with Crippen molar-refractivity contribution in [1.82, 2.24) is 10.2 Å². The Bertz CT molecular complexity index is 318. The number of H-pyrrole nitrogens is 2. The predicted molar refractivity (Wildman–Crippen MR) is 37.6 cm³/mol. The lowest BCUT2D eigenvalue weighted by molar-refractivity contribution is 1.02. The van der Waals surface area contributed by atoms with Crippen molar-refractivity contribution < 1.29 is 0 Å². The van der Waals surface area contributed by atoms with E-state index in [9.17, 15) is 4.79 Å². The molecule has 4 nitrogen and oxygen atoms in total. The largest absolute Gasteiger partial charge is 0.301 e. The highest BCUT2D eigenvalue weighted by Gasteiger charge is 2.04. The number of hydrogen-bond acceptors (Lipinski definition) is 3. The summed E-state index contributed by atoms with van der Waals surface area (Å²) in [5.74, 6) is 0. The molecule has 0 saturated heterocycles. The van der Waals surface area contributed by atoms with Crippen molar-refractivity contribution >= 4 is 11.8 Å². The molecular formula is C5H5N3OS. The molecule has 0 amide bonds. The minimum absolute atomic E-state index is 0.232. The highest BCUT2D eigenvalue weighted by atomic mass is 32.2. The van der Waals surface area contributed by atoms with Crippen LogP contribution in [0.5, 0.6) is 0 Å². The van der Waals surface area contributed by atoms with Crippen LogP contribution in [0, 0.1) is 17.6 Å². The van der Waals surface area contributed by atoms with Gasteiger partial charge in [-0.2, -0.15) is 5.26 Å². The molecule has 0 aliphatic heterocycles. The molecular weight excluding hydrogens is 150 g/mol. The van der Waals surface area contributed by atoms with E-state index in [4.69, 9.17) is 5.26 Å². The molecule has 10 heavy (non-hydrogen) atoms. The summed E-state index contributed by atoms with van der Waals surface area (Å²) in [5.41, 5.74) is 0.473. The van der Waals surface area contributed by atoms with E-state index in [1.54, 1.807) is 6.92 Å². The standard InChI is InChI=1S/C5H5N3OS/c1-3-4(10-2-6)5(9)8-7-3/h1H3,(H2,7,8,9). The lowest BCUT2D eigenvalue weighted by atomic mass is 10.5. The zero-order valence-corrected chi connectivity index (χ0v) is 6.08. The van der Waals surface area contributed by atoms with E-state index >= 15 is 0 Å². The van der Waals surface area contributed by atoms with Crippen LogP contribution in [0.1, 0.15) is 5.69 Å². The molecule has 2 N–H and O–H groups in total. The van der Waals surface area contributed by atoms with E-state index in [0.717, 1.165) is 11.8 Å². The van der Waals surface area contributed by atoms with Crippen molar-refractivity contribution in [1.29, 1.82) is 5.26 Å². The van der Waals surface area contributed by atoms with Gasteiger partial charge in [0.1, 0.15) is 10.3 Å². The van der Waals surface area contributed by atoms with Crippen molar-refractivity contribution in [3.05, 3.63) is 16.0 Å². The molecule has 0 saturated carbocycles. The second kappa shape index (κ2) is 2.62. The highest BCUT2D eigenvalue weighted by molar-refractivity contribution is 8.03. The van der Waals surface area contributed by atoms with Gasteiger partial charge in [0.25, 0.3) is 5.56 Å². The minimum atomic E-state index is -0.232. The SMILES string of the molecule is Cc1[nH][nH]c(=O)c1SC#N. The van der Waals surface area contributed by atoms with Gasteiger partial charge in [0.05, 0.1) is 0 Å². The van der Waals surface area contributed by atoms with Crippen molar-refractivity contribution in [2.75, 3.05) is 0 Å². The molecule has 0 atom stereocenters. The summed E-state index contributed by atoms with van der Waals surface area (Å²) < 4.78 is 0. The molecule has 1 heterocycles. The lowest BCUT2D eigenvalue weighted by Gasteiger charge is -1.82. The van der Waals surface area contributed by atoms with Gasteiger partial charge in [-0.15, -0.1) is 0 Å². The maximum atomic E-state index is 10.8. The Labute approximate surface area is 61.2 Å². The van der Waals surface area contributed by atoms with Crippen molar-refractivity contribution in [2.24, 2.45) is 0 Å². The molecule has 0 spiro atoms. The number of aryl methyl sites for hydroxylation is 1. The lowest BCUT2D eigenvalue weighted by Crippen LogP contribution is -1.99. The number of nitrogens with zero attached hydrogens (tertiary/aromatic N) is 1. The Morgan fingerprint density at radius 3 is 2.70 bits per heavy atom. The normalized spacial score (nSPS) is 9.20. The topological polar surface area (TPSA) is 72.4 Å². The molecule has 5 heteroatoms. The van der Waals surface area contributed by atoms with Gasteiger partial charge >= 0.3 is 0 Å². The maximum absolute atomic E-state index is 10.8. The molecule has 1 aromatic heterocycles. The van der Waals surface area contributed by atoms with Gasteiger partial charge in [-0.1, -0.05) is 0 Å². The Morgan fingerprint density at radius 2 is 2.30 bits per heavy atom. The van der Waals surface area contributed by atoms with Gasteiger partial charge in [0.15, 0.2) is 0 Å². The number of thioether (sulfide) groups is 1. The molecule has 0 bridgehead atoms. The van der Waals surface area contributed by atoms with Gasteiger partial charge in [-0.3, -0.25) is 9.89 Å². The fraction of sp³-hybridized carbons (Fsp3) is 0.200.